The van der Waals surface area contributed by atoms with Gasteiger partial charge in [0.2, 0.25) is 11.8 Å². The fourth-order valence-electron chi connectivity index (χ4n) is 5.67. The molecule has 5 heterocycles. The monoisotopic (exact) mass is 471 g/mol. The number of piperidine rings is 2. The number of nitrogens with one attached hydrogen (secondary N) is 1. The van der Waals surface area contributed by atoms with Gasteiger partial charge in [-0.1, -0.05) is 12.5 Å². The fourth-order valence-corrected chi connectivity index (χ4v) is 5.67. The van der Waals surface area contributed by atoms with Gasteiger partial charge in [-0.25, -0.2) is 4.98 Å². The van der Waals surface area contributed by atoms with Crippen LogP contribution < -0.4 is 5.32 Å². The van der Waals surface area contributed by atoms with Gasteiger partial charge < -0.3 is 9.47 Å². The van der Waals surface area contributed by atoms with Crippen LogP contribution in [0.4, 0.5) is 0 Å². The largest absolute Gasteiger partial charge is 0.336 e. The molecule has 0 aliphatic carbocycles. The van der Waals surface area contributed by atoms with E-state index in [4.69, 9.17) is 4.98 Å². The van der Waals surface area contributed by atoms with E-state index in [0.29, 0.717) is 18.5 Å². The zero-order valence-corrected chi connectivity index (χ0v) is 19.9. The molecule has 1 aromatic carbocycles. The highest BCUT2D eigenvalue weighted by atomic mass is 16.2. The van der Waals surface area contributed by atoms with Crippen molar-refractivity contribution in [2.75, 3.05) is 13.1 Å². The molecule has 0 saturated carbocycles. The second kappa shape index (κ2) is 8.61. The smallest absolute Gasteiger partial charge is 0.255 e. The van der Waals surface area contributed by atoms with Crippen LogP contribution in [0.1, 0.15) is 53.6 Å². The summed E-state index contributed by atoms with van der Waals surface area (Å²) in [4.78, 5) is 46.1. The van der Waals surface area contributed by atoms with E-state index in [1.807, 2.05) is 25.2 Å². The van der Waals surface area contributed by atoms with Crippen molar-refractivity contribution in [2.24, 2.45) is 7.05 Å². The molecule has 1 unspecified atom stereocenters. The zero-order valence-electron chi connectivity index (χ0n) is 19.9. The van der Waals surface area contributed by atoms with E-state index in [0.717, 1.165) is 42.1 Å². The molecule has 8 heteroatoms. The summed E-state index contributed by atoms with van der Waals surface area (Å²) in [6, 6.07) is 9.55. The molecule has 1 N–H and O–H groups in total. The van der Waals surface area contributed by atoms with Gasteiger partial charge in [-0.3, -0.25) is 24.6 Å². The highest BCUT2D eigenvalue weighted by Crippen LogP contribution is 2.32. The number of aryl methyl sites for hydroxylation is 1. The average Bonchev–Trinajstić information content (AvgIpc) is 3.39. The normalized spacial score (nSPS) is 21.0. The van der Waals surface area contributed by atoms with Gasteiger partial charge in [0.05, 0.1) is 5.69 Å². The van der Waals surface area contributed by atoms with Gasteiger partial charge in [0.25, 0.3) is 5.91 Å². The molecule has 180 valence electrons. The minimum atomic E-state index is -0.606. The highest BCUT2D eigenvalue weighted by Gasteiger charge is 2.39. The van der Waals surface area contributed by atoms with Crippen molar-refractivity contribution in [3.05, 3.63) is 53.2 Å². The summed E-state index contributed by atoms with van der Waals surface area (Å²) in [5.41, 5.74) is 5.59. The highest BCUT2D eigenvalue weighted by molar-refractivity contribution is 6.05. The number of amides is 3. The molecule has 0 radical (unpaired) electrons. The van der Waals surface area contributed by atoms with Crippen molar-refractivity contribution >= 4 is 28.8 Å². The van der Waals surface area contributed by atoms with Crippen molar-refractivity contribution in [3.63, 3.8) is 0 Å². The third-order valence-electron chi connectivity index (χ3n) is 7.58. The molecule has 2 fully saturated rings. The van der Waals surface area contributed by atoms with Crippen molar-refractivity contribution in [1.82, 2.24) is 24.7 Å². The number of rotatable bonds is 4. The first-order valence-corrected chi connectivity index (χ1v) is 12.4. The fraction of sp³-hybridized carbons (Fsp3) is 0.407. The molecular formula is C27H29N5O3. The number of carbonyl (C=O) groups is 3. The van der Waals surface area contributed by atoms with Gasteiger partial charge in [-0.2, -0.15) is 0 Å². The van der Waals surface area contributed by atoms with Crippen molar-refractivity contribution in [2.45, 2.75) is 51.2 Å². The van der Waals surface area contributed by atoms with Crippen molar-refractivity contribution < 1.29 is 14.4 Å². The van der Waals surface area contributed by atoms with Crippen LogP contribution in [0.3, 0.4) is 0 Å². The van der Waals surface area contributed by atoms with Crippen LogP contribution in [0, 0.1) is 0 Å². The molecule has 35 heavy (non-hydrogen) atoms. The minimum absolute atomic E-state index is 0.155. The number of benzene rings is 1. The van der Waals surface area contributed by atoms with Crippen LogP contribution >= 0.6 is 0 Å². The number of imide groups is 1. The predicted molar refractivity (Wildman–Crippen MR) is 131 cm³/mol. The Labute approximate surface area is 203 Å². The maximum absolute atomic E-state index is 13.1. The molecule has 3 amide bonds. The Hall–Kier alpha value is -3.52. The number of hydrogen-bond acceptors (Lipinski definition) is 5. The van der Waals surface area contributed by atoms with Gasteiger partial charge in [-0.15, -0.1) is 0 Å². The summed E-state index contributed by atoms with van der Waals surface area (Å²) < 4.78 is 2.06. The van der Waals surface area contributed by atoms with E-state index in [-0.39, 0.29) is 24.1 Å². The van der Waals surface area contributed by atoms with Crippen LogP contribution in [0.5, 0.6) is 0 Å². The Bertz CT molecular complexity index is 1350. The number of pyridine rings is 1. The van der Waals surface area contributed by atoms with Gasteiger partial charge in [-0.05, 0) is 67.7 Å². The van der Waals surface area contributed by atoms with E-state index in [1.165, 1.54) is 30.2 Å². The minimum Gasteiger partial charge on any atom is -0.336 e. The van der Waals surface area contributed by atoms with E-state index in [9.17, 15) is 14.4 Å². The molecule has 8 nitrogen and oxygen atoms in total. The third-order valence-corrected chi connectivity index (χ3v) is 7.58. The lowest BCUT2D eigenvalue weighted by atomic mass is 10.0. The predicted octanol–water partition coefficient (Wildman–Crippen LogP) is 2.99. The molecule has 0 spiro atoms. The molecular weight excluding hydrogens is 442 g/mol. The molecule has 3 aliphatic heterocycles. The molecule has 3 aliphatic rings. The summed E-state index contributed by atoms with van der Waals surface area (Å²) in [5.74, 6) is -0.821. The van der Waals surface area contributed by atoms with Gasteiger partial charge >= 0.3 is 0 Å². The SMILES string of the molecule is Cn1ccc2c(CN3CCCCC3)cc(-c3ccc4c(c3)CN(C3CCC(=O)NC3=O)C4=O)nc21. The topological polar surface area (TPSA) is 87.5 Å². The Morgan fingerprint density at radius 2 is 1.89 bits per heavy atom. The van der Waals surface area contributed by atoms with E-state index >= 15 is 0 Å². The number of likely N-dealkylation sites (tertiary alicyclic amines) is 1. The van der Waals surface area contributed by atoms with E-state index in [2.05, 4.69) is 33.1 Å². The zero-order chi connectivity index (χ0) is 24.1. The Morgan fingerprint density at radius 1 is 1.06 bits per heavy atom. The van der Waals surface area contributed by atoms with E-state index < -0.39 is 6.04 Å². The summed E-state index contributed by atoms with van der Waals surface area (Å²) in [6.07, 6.45) is 6.48. The number of hydrogen-bond donors (Lipinski definition) is 1. The molecule has 1 atom stereocenters. The standard InChI is InChI=1S/C27H29N5O3/c1-30-12-9-20-19(15-31-10-3-2-4-11-31)14-22(28-25(20)30)17-5-6-21-18(13-17)16-32(27(21)35)23-7-8-24(33)29-26(23)34/h5-6,9,12-14,23H,2-4,7-8,10-11,15-16H2,1H3,(H,29,33,34). The maximum Gasteiger partial charge on any atom is 0.255 e. The number of aromatic nitrogens is 2. The summed E-state index contributed by atoms with van der Waals surface area (Å²) in [6.45, 7) is 3.52. The second-order valence-corrected chi connectivity index (χ2v) is 9.94. The van der Waals surface area contributed by atoms with Crippen LogP contribution in [0.25, 0.3) is 22.3 Å². The lowest BCUT2D eigenvalue weighted by Crippen LogP contribution is -2.52. The summed E-state index contributed by atoms with van der Waals surface area (Å²) in [7, 11) is 2.02. The molecule has 2 aromatic heterocycles. The second-order valence-electron chi connectivity index (χ2n) is 9.94. The van der Waals surface area contributed by atoms with Gasteiger partial charge in [0, 0.05) is 49.3 Å². The lowest BCUT2D eigenvalue weighted by Gasteiger charge is -2.29. The van der Waals surface area contributed by atoms with Gasteiger partial charge in [0.15, 0.2) is 0 Å². The first-order valence-electron chi connectivity index (χ1n) is 12.4. The van der Waals surface area contributed by atoms with Crippen molar-refractivity contribution in [1.29, 1.82) is 0 Å². The summed E-state index contributed by atoms with van der Waals surface area (Å²) >= 11 is 0. The van der Waals surface area contributed by atoms with Gasteiger partial charge in [0.1, 0.15) is 11.7 Å². The Balaban J connectivity index is 1.33. The lowest BCUT2D eigenvalue weighted by molar-refractivity contribution is -0.136. The molecule has 0 bridgehead atoms. The number of carbonyl (C=O) groups excluding carboxylic acids is 3. The van der Waals surface area contributed by atoms with Crippen LogP contribution in [-0.2, 0) is 29.7 Å². The van der Waals surface area contributed by atoms with Crippen molar-refractivity contribution in [3.8, 4) is 11.3 Å². The number of nitrogens with zero attached hydrogens (tertiary/aromatic N) is 4. The molecule has 6 rings (SSSR count). The third kappa shape index (κ3) is 3.91. The Morgan fingerprint density at radius 3 is 2.69 bits per heavy atom. The van der Waals surface area contributed by atoms with Crippen LogP contribution in [-0.4, -0.2) is 56.2 Å². The molecule has 3 aromatic rings. The first kappa shape index (κ1) is 22.0. The maximum atomic E-state index is 13.1. The van der Waals surface area contributed by atoms with E-state index in [1.54, 1.807) is 4.90 Å². The Kier molecular flexibility index (Phi) is 5.40. The summed E-state index contributed by atoms with van der Waals surface area (Å²) in [5, 5.41) is 3.54. The average molecular weight is 472 g/mol. The van der Waals surface area contributed by atoms with Crippen LogP contribution in [0.15, 0.2) is 36.5 Å². The number of fused-ring (bicyclic) bond motifs is 2. The molecule has 2 saturated heterocycles. The first-order chi connectivity index (χ1) is 17.0. The van der Waals surface area contributed by atoms with Crippen LogP contribution in [0.2, 0.25) is 0 Å². The quantitative estimate of drug-likeness (QED) is 0.591.